The molecule has 2 N–H and O–H groups in total. The smallest absolute Gasteiger partial charge is 0.311 e. The molecule has 0 aliphatic rings. The summed E-state index contributed by atoms with van der Waals surface area (Å²) >= 11 is 1.25. The number of hydrogen-bond acceptors (Lipinski definition) is 6. The van der Waals surface area contributed by atoms with Crippen LogP contribution < -0.4 is 10.6 Å². The van der Waals surface area contributed by atoms with Crippen molar-refractivity contribution in [2.45, 2.75) is 33.2 Å². The Morgan fingerprint density at radius 2 is 1.91 bits per heavy atom. The van der Waals surface area contributed by atoms with Gasteiger partial charge in [0.15, 0.2) is 5.13 Å². The van der Waals surface area contributed by atoms with E-state index in [1.165, 1.54) is 24.5 Å². The maximum absolute atomic E-state index is 13.6. The molecule has 168 valence electrons. The van der Waals surface area contributed by atoms with Gasteiger partial charge in [0.05, 0.1) is 19.2 Å². The lowest BCUT2D eigenvalue weighted by Gasteiger charge is -2.14. The van der Waals surface area contributed by atoms with Crippen molar-refractivity contribution in [2.24, 2.45) is 5.92 Å². The molecule has 0 bridgehead atoms. The largest absolute Gasteiger partial charge is 0.469 e. The molecule has 0 saturated carbocycles. The summed E-state index contributed by atoms with van der Waals surface area (Å²) in [6, 6.07) is 12.0. The lowest BCUT2D eigenvalue weighted by Crippen LogP contribution is -2.12. The molecule has 1 amide bonds. The Hall–Kier alpha value is -3.26. The first-order valence-electron chi connectivity index (χ1n) is 10.3. The minimum Gasteiger partial charge on any atom is -0.469 e. The van der Waals surface area contributed by atoms with Gasteiger partial charge in [-0.1, -0.05) is 26.0 Å². The topological polar surface area (TPSA) is 80.3 Å². The van der Waals surface area contributed by atoms with E-state index in [-0.39, 0.29) is 24.1 Å². The molecule has 2 aromatic carbocycles. The fourth-order valence-corrected chi connectivity index (χ4v) is 3.85. The molecule has 1 heterocycles. The van der Waals surface area contributed by atoms with Crippen LogP contribution in [0.3, 0.4) is 0 Å². The highest BCUT2D eigenvalue weighted by Crippen LogP contribution is 2.22. The van der Waals surface area contributed by atoms with E-state index in [0.717, 1.165) is 23.2 Å². The summed E-state index contributed by atoms with van der Waals surface area (Å²) in [6.45, 7) is 4.76. The van der Waals surface area contributed by atoms with E-state index < -0.39 is 0 Å². The number of thiazole rings is 1. The zero-order valence-corrected chi connectivity index (χ0v) is 19.1. The van der Waals surface area contributed by atoms with Gasteiger partial charge in [0.25, 0.3) is 5.91 Å². The first kappa shape index (κ1) is 23.4. The normalized spacial score (nSPS) is 10.8. The highest BCUT2D eigenvalue weighted by atomic mass is 32.1. The molecule has 3 rings (SSSR count). The molecule has 1 aromatic heterocycles. The number of hydrogen-bond donors (Lipinski definition) is 2. The van der Waals surface area contributed by atoms with Gasteiger partial charge in [-0.05, 0) is 53.8 Å². The van der Waals surface area contributed by atoms with Crippen LogP contribution >= 0.6 is 11.3 Å². The lowest BCUT2D eigenvalue weighted by atomic mass is 10.0. The summed E-state index contributed by atoms with van der Waals surface area (Å²) < 4.78 is 18.2. The van der Waals surface area contributed by atoms with Gasteiger partial charge >= 0.3 is 5.97 Å². The molecule has 0 aliphatic carbocycles. The predicted molar refractivity (Wildman–Crippen MR) is 124 cm³/mol. The Morgan fingerprint density at radius 1 is 1.16 bits per heavy atom. The standard InChI is InChI=1S/C24H26FN3O3S/c1-15(2)10-18-11-19(25)8-9-21(18)26-13-16-4-6-17(7-5-16)23(30)28-24-27-20(14-32-24)12-22(29)31-3/h4-9,11,14-15,26H,10,12-13H2,1-3H3,(H,27,28,30). The number of carbonyl (C=O) groups excluding carboxylic acids is 2. The summed E-state index contributed by atoms with van der Waals surface area (Å²) in [6.07, 6.45) is 0.856. The number of methoxy groups -OCH3 is 1. The number of rotatable bonds is 9. The molecular weight excluding hydrogens is 429 g/mol. The third-order valence-electron chi connectivity index (χ3n) is 4.72. The number of aromatic nitrogens is 1. The highest BCUT2D eigenvalue weighted by Gasteiger charge is 2.12. The third kappa shape index (κ3) is 6.62. The van der Waals surface area contributed by atoms with Crippen molar-refractivity contribution in [2.75, 3.05) is 17.7 Å². The summed E-state index contributed by atoms with van der Waals surface area (Å²) in [5.74, 6) is -0.473. The molecular formula is C24H26FN3O3S. The average molecular weight is 456 g/mol. The maximum Gasteiger partial charge on any atom is 0.311 e. The van der Waals surface area contributed by atoms with Gasteiger partial charge in [0.1, 0.15) is 5.82 Å². The summed E-state index contributed by atoms with van der Waals surface area (Å²) in [4.78, 5) is 28.0. The van der Waals surface area contributed by atoms with Gasteiger partial charge in [0.2, 0.25) is 0 Å². The quantitative estimate of drug-likeness (QED) is 0.441. The average Bonchev–Trinajstić information content (AvgIpc) is 3.19. The SMILES string of the molecule is COC(=O)Cc1csc(NC(=O)c2ccc(CNc3ccc(F)cc3CC(C)C)cc2)n1. The minimum atomic E-state index is -0.380. The molecule has 0 atom stereocenters. The van der Waals surface area contributed by atoms with E-state index in [4.69, 9.17) is 0 Å². The fraction of sp³-hybridized carbons (Fsp3) is 0.292. The zero-order chi connectivity index (χ0) is 23.1. The molecule has 0 aliphatic heterocycles. The number of halogens is 1. The summed E-state index contributed by atoms with van der Waals surface area (Å²) in [7, 11) is 1.32. The number of esters is 1. The second-order valence-corrected chi connectivity index (χ2v) is 8.66. The van der Waals surface area contributed by atoms with Gasteiger partial charge in [-0.25, -0.2) is 9.37 Å². The Bertz CT molecular complexity index is 1080. The first-order chi connectivity index (χ1) is 15.3. The van der Waals surface area contributed by atoms with Gasteiger partial charge < -0.3 is 10.1 Å². The van der Waals surface area contributed by atoms with Gasteiger partial charge in [-0.15, -0.1) is 11.3 Å². The first-order valence-corrected chi connectivity index (χ1v) is 11.2. The molecule has 3 aromatic rings. The van der Waals surface area contributed by atoms with Crippen molar-refractivity contribution in [1.82, 2.24) is 4.98 Å². The molecule has 8 heteroatoms. The number of benzene rings is 2. The van der Waals surface area contributed by atoms with E-state index in [1.807, 2.05) is 12.1 Å². The Balaban J connectivity index is 1.58. The molecule has 0 saturated heterocycles. The fourth-order valence-electron chi connectivity index (χ4n) is 3.15. The highest BCUT2D eigenvalue weighted by molar-refractivity contribution is 7.14. The predicted octanol–water partition coefficient (Wildman–Crippen LogP) is 5.06. The number of carbonyl (C=O) groups is 2. The maximum atomic E-state index is 13.6. The number of amides is 1. The molecule has 0 unspecified atom stereocenters. The summed E-state index contributed by atoms with van der Waals surface area (Å²) in [5, 5.41) is 8.24. The molecule has 0 spiro atoms. The number of ether oxygens (including phenoxy) is 1. The van der Waals surface area contributed by atoms with Crippen molar-refractivity contribution in [3.63, 3.8) is 0 Å². The molecule has 0 radical (unpaired) electrons. The second kappa shape index (κ2) is 10.9. The Morgan fingerprint density at radius 3 is 2.59 bits per heavy atom. The van der Waals surface area contributed by atoms with E-state index in [0.29, 0.717) is 28.9 Å². The number of nitrogens with zero attached hydrogens (tertiary/aromatic N) is 1. The van der Waals surface area contributed by atoms with E-state index in [9.17, 15) is 14.0 Å². The van der Waals surface area contributed by atoms with Crippen LogP contribution in [0.4, 0.5) is 15.2 Å². The zero-order valence-electron chi connectivity index (χ0n) is 18.3. The Labute approximate surface area is 190 Å². The second-order valence-electron chi connectivity index (χ2n) is 7.80. The van der Waals surface area contributed by atoms with Crippen LogP contribution in [-0.2, 0) is 28.9 Å². The van der Waals surface area contributed by atoms with Crippen LogP contribution in [0.1, 0.15) is 41.0 Å². The van der Waals surface area contributed by atoms with Crippen molar-refractivity contribution < 1.29 is 18.7 Å². The molecule has 6 nitrogen and oxygen atoms in total. The molecule has 32 heavy (non-hydrogen) atoms. The van der Waals surface area contributed by atoms with Crippen LogP contribution in [0.2, 0.25) is 0 Å². The van der Waals surface area contributed by atoms with Crippen molar-refractivity contribution in [1.29, 1.82) is 0 Å². The number of nitrogens with one attached hydrogen (secondary N) is 2. The third-order valence-corrected chi connectivity index (χ3v) is 5.53. The monoisotopic (exact) mass is 455 g/mol. The van der Waals surface area contributed by atoms with Gasteiger partial charge in [-0.2, -0.15) is 0 Å². The van der Waals surface area contributed by atoms with E-state index in [1.54, 1.807) is 29.6 Å². The van der Waals surface area contributed by atoms with Gasteiger partial charge in [0, 0.05) is 23.2 Å². The lowest BCUT2D eigenvalue weighted by molar-refractivity contribution is -0.139. The van der Waals surface area contributed by atoms with Gasteiger partial charge in [-0.3, -0.25) is 14.9 Å². The van der Waals surface area contributed by atoms with E-state index in [2.05, 4.69) is 34.2 Å². The summed E-state index contributed by atoms with van der Waals surface area (Å²) in [5.41, 5.74) is 3.91. The molecule has 0 fully saturated rings. The van der Waals surface area contributed by atoms with Crippen LogP contribution in [0.15, 0.2) is 47.8 Å². The number of anilines is 2. The minimum absolute atomic E-state index is 0.0670. The van der Waals surface area contributed by atoms with Crippen molar-refractivity contribution in [3.8, 4) is 0 Å². The van der Waals surface area contributed by atoms with E-state index >= 15 is 0 Å². The Kier molecular flexibility index (Phi) is 7.94. The van der Waals surface area contributed by atoms with Crippen LogP contribution in [0.5, 0.6) is 0 Å². The van der Waals surface area contributed by atoms with Crippen molar-refractivity contribution in [3.05, 3.63) is 76.0 Å². The van der Waals surface area contributed by atoms with Crippen molar-refractivity contribution >= 4 is 34.0 Å². The van der Waals surface area contributed by atoms with Crippen LogP contribution in [0, 0.1) is 11.7 Å². The van der Waals surface area contributed by atoms with Crippen LogP contribution in [0.25, 0.3) is 0 Å². The van der Waals surface area contributed by atoms with Crippen LogP contribution in [-0.4, -0.2) is 24.0 Å².